The van der Waals surface area contributed by atoms with E-state index in [4.69, 9.17) is 0 Å². The molecule has 1 aromatic carbocycles. The maximum Gasteiger partial charge on any atom is 0.355 e. The number of nitro benzene ring substituents is 1. The highest BCUT2D eigenvalue weighted by molar-refractivity contribution is 7.19. The highest BCUT2D eigenvalue weighted by atomic mass is 32.1. The monoisotopic (exact) mass is 357 g/mol. The van der Waals surface area contributed by atoms with E-state index >= 15 is 0 Å². The fourth-order valence-corrected chi connectivity index (χ4v) is 3.99. The molecule has 0 unspecified atom stereocenters. The third-order valence-electron chi connectivity index (χ3n) is 4.08. The molecule has 1 aliphatic carbocycles. The highest BCUT2D eigenvalue weighted by Crippen LogP contribution is 2.44. The van der Waals surface area contributed by atoms with E-state index in [1.54, 1.807) is 28.4 Å². The van der Waals surface area contributed by atoms with Crippen molar-refractivity contribution in [1.29, 1.82) is 0 Å². The highest BCUT2D eigenvalue weighted by Gasteiger charge is 2.29. The first kappa shape index (κ1) is 15.7. The number of thiazole rings is 1. The maximum absolute atomic E-state index is 12.7. The summed E-state index contributed by atoms with van der Waals surface area (Å²) < 4.78 is 2.18. The summed E-state index contributed by atoms with van der Waals surface area (Å²) in [5, 5.41) is 12.1. The lowest BCUT2D eigenvalue weighted by molar-refractivity contribution is -0.384. The van der Waals surface area contributed by atoms with Crippen molar-refractivity contribution in [3.63, 3.8) is 0 Å². The third-order valence-corrected chi connectivity index (χ3v) is 5.29. The first-order valence-corrected chi connectivity index (χ1v) is 8.63. The van der Waals surface area contributed by atoms with Crippen LogP contribution in [0.5, 0.6) is 0 Å². The standard InChI is InChI=1S/C16H15N5O3S/c1-19(2)13-12-14(17-15(25-12)9-6-7-9)20(16(22)18-13)10-4-3-5-11(8-10)21(23)24/h3-5,8-9H,6-7H2,1-2H3. The van der Waals surface area contributed by atoms with E-state index in [0.717, 1.165) is 22.5 Å². The van der Waals surface area contributed by atoms with Crippen LogP contribution in [0.3, 0.4) is 0 Å². The predicted octanol–water partition coefficient (Wildman–Crippen LogP) is 2.69. The zero-order valence-electron chi connectivity index (χ0n) is 13.7. The fourth-order valence-electron chi connectivity index (χ4n) is 2.69. The van der Waals surface area contributed by atoms with Gasteiger partial charge in [0, 0.05) is 32.1 Å². The van der Waals surface area contributed by atoms with Crippen LogP contribution < -0.4 is 10.6 Å². The lowest BCUT2D eigenvalue weighted by atomic mass is 10.2. The smallest absolute Gasteiger partial charge is 0.355 e. The molecule has 25 heavy (non-hydrogen) atoms. The minimum absolute atomic E-state index is 0.0770. The number of hydrogen-bond acceptors (Lipinski definition) is 7. The molecule has 0 N–H and O–H groups in total. The van der Waals surface area contributed by atoms with Crippen molar-refractivity contribution in [2.45, 2.75) is 18.8 Å². The second-order valence-electron chi connectivity index (χ2n) is 6.20. The minimum Gasteiger partial charge on any atom is -0.361 e. The second kappa shape index (κ2) is 5.62. The van der Waals surface area contributed by atoms with Crippen LogP contribution in [-0.2, 0) is 0 Å². The zero-order valence-corrected chi connectivity index (χ0v) is 14.5. The second-order valence-corrected chi connectivity index (χ2v) is 7.23. The summed E-state index contributed by atoms with van der Waals surface area (Å²) >= 11 is 1.54. The molecule has 0 radical (unpaired) electrons. The molecule has 2 heterocycles. The summed E-state index contributed by atoms with van der Waals surface area (Å²) in [6.07, 6.45) is 2.21. The number of anilines is 1. The average Bonchev–Trinajstić information content (AvgIpc) is 3.33. The lowest BCUT2D eigenvalue weighted by Gasteiger charge is -2.13. The molecule has 0 amide bonds. The fraction of sp³-hybridized carbons (Fsp3) is 0.312. The Kier molecular flexibility index (Phi) is 3.53. The first-order chi connectivity index (χ1) is 12.0. The molecule has 4 rings (SSSR count). The Morgan fingerprint density at radius 1 is 1.32 bits per heavy atom. The molecule has 0 bridgehead atoms. The Bertz CT molecular complexity index is 1050. The molecule has 3 aromatic rings. The van der Waals surface area contributed by atoms with E-state index in [2.05, 4.69) is 9.97 Å². The van der Waals surface area contributed by atoms with Gasteiger partial charge in [-0.1, -0.05) is 6.07 Å². The minimum atomic E-state index is -0.496. The molecule has 9 heteroatoms. The van der Waals surface area contributed by atoms with E-state index in [0.29, 0.717) is 23.1 Å². The van der Waals surface area contributed by atoms with Crippen molar-refractivity contribution in [3.05, 3.63) is 49.9 Å². The first-order valence-electron chi connectivity index (χ1n) is 7.81. The number of aromatic nitrogens is 3. The van der Waals surface area contributed by atoms with E-state index in [9.17, 15) is 14.9 Å². The molecule has 8 nitrogen and oxygen atoms in total. The van der Waals surface area contributed by atoms with Crippen LogP contribution in [0.4, 0.5) is 11.5 Å². The van der Waals surface area contributed by atoms with Crippen molar-refractivity contribution < 1.29 is 4.92 Å². The molecule has 2 aromatic heterocycles. The van der Waals surface area contributed by atoms with Crippen LogP contribution in [0.25, 0.3) is 16.0 Å². The zero-order chi connectivity index (χ0) is 17.7. The number of rotatable bonds is 4. The Morgan fingerprint density at radius 3 is 2.72 bits per heavy atom. The normalized spacial score (nSPS) is 14.0. The molecule has 0 spiro atoms. The quantitative estimate of drug-likeness (QED) is 0.526. The van der Waals surface area contributed by atoms with E-state index < -0.39 is 10.6 Å². The molecule has 128 valence electrons. The largest absolute Gasteiger partial charge is 0.361 e. The van der Waals surface area contributed by atoms with Crippen molar-refractivity contribution in [2.75, 3.05) is 19.0 Å². The van der Waals surface area contributed by atoms with Crippen LogP contribution >= 0.6 is 11.3 Å². The van der Waals surface area contributed by atoms with Gasteiger partial charge in [0.2, 0.25) is 0 Å². The van der Waals surface area contributed by atoms with Crippen molar-refractivity contribution >= 4 is 33.2 Å². The Hall–Kier alpha value is -2.81. The van der Waals surface area contributed by atoms with Crippen molar-refractivity contribution in [2.24, 2.45) is 0 Å². The van der Waals surface area contributed by atoms with Crippen LogP contribution in [0.1, 0.15) is 23.8 Å². The van der Waals surface area contributed by atoms with Gasteiger partial charge in [0.1, 0.15) is 4.70 Å². The molecule has 0 atom stereocenters. The molecule has 0 saturated heterocycles. The molecule has 1 saturated carbocycles. The molecule has 0 aliphatic heterocycles. The number of nitrogens with zero attached hydrogens (tertiary/aromatic N) is 5. The van der Waals surface area contributed by atoms with Gasteiger partial charge in [0.05, 0.1) is 15.6 Å². The average molecular weight is 357 g/mol. The van der Waals surface area contributed by atoms with E-state index in [-0.39, 0.29) is 5.69 Å². The van der Waals surface area contributed by atoms with Gasteiger partial charge in [-0.3, -0.25) is 10.1 Å². The summed E-state index contributed by atoms with van der Waals surface area (Å²) in [7, 11) is 3.66. The van der Waals surface area contributed by atoms with Gasteiger partial charge in [-0.05, 0) is 18.9 Å². The summed E-state index contributed by atoms with van der Waals surface area (Å²) in [6, 6.07) is 5.97. The maximum atomic E-state index is 12.7. The van der Waals surface area contributed by atoms with Gasteiger partial charge in [-0.15, -0.1) is 11.3 Å². The number of non-ortho nitro benzene ring substituents is 1. The summed E-state index contributed by atoms with van der Waals surface area (Å²) in [5.74, 6) is 1.02. The van der Waals surface area contributed by atoms with E-state index in [1.807, 2.05) is 14.1 Å². The number of fused-ring (bicyclic) bond motifs is 1. The van der Waals surface area contributed by atoms with Crippen LogP contribution in [0.15, 0.2) is 29.1 Å². The Morgan fingerprint density at radius 2 is 2.08 bits per heavy atom. The van der Waals surface area contributed by atoms with Gasteiger partial charge in [-0.2, -0.15) is 4.98 Å². The van der Waals surface area contributed by atoms with Gasteiger partial charge < -0.3 is 4.90 Å². The van der Waals surface area contributed by atoms with E-state index in [1.165, 1.54) is 16.7 Å². The molecular formula is C16H15N5O3S. The van der Waals surface area contributed by atoms with Gasteiger partial charge in [0.15, 0.2) is 11.5 Å². The SMILES string of the molecule is CN(C)c1nc(=O)n(-c2cccc([N+](=O)[O-])c2)c2nc(C3CC3)sc12. The molecule has 1 aliphatic rings. The summed E-state index contributed by atoms with van der Waals surface area (Å²) in [6.45, 7) is 0. The van der Waals surface area contributed by atoms with Gasteiger partial charge >= 0.3 is 5.69 Å². The number of benzene rings is 1. The van der Waals surface area contributed by atoms with Crippen LogP contribution in [0.2, 0.25) is 0 Å². The van der Waals surface area contributed by atoms with Crippen LogP contribution in [0, 0.1) is 10.1 Å². The summed E-state index contributed by atoms with van der Waals surface area (Å²) in [4.78, 5) is 33.9. The molecular weight excluding hydrogens is 342 g/mol. The number of nitro groups is 1. The number of hydrogen-bond donors (Lipinski definition) is 0. The Balaban J connectivity index is 2.02. The summed E-state index contributed by atoms with van der Waals surface area (Å²) in [5.41, 5.74) is 0.335. The van der Waals surface area contributed by atoms with Gasteiger partial charge in [0.25, 0.3) is 5.69 Å². The topological polar surface area (TPSA) is 94.2 Å². The lowest BCUT2D eigenvalue weighted by Crippen LogP contribution is -2.25. The molecule has 1 fully saturated rings. The predicted molar refractivity (Wildman–Crippen MR) is 96.0 cm³/mol. The Labute approximate surface area is 146 Å². The van der Waals surface area contributed by atoms with Gasteiger partial charge in [-0.25, -0.2) is 14.3 Å². The van der Waals surface area contributed by atoms with Crippen LogP contribution in [-0.4, -0.2) is 33.6 Å². The van der Waals surface area contributed by atoms with Crippen molar-refractivity contribution in [1.82, 2.24) is 14.5 Å². The van der Waals surface area contributed by atoms with Crippen molar-refractivity contribution in [3.8, 4) is 5.69 Å². The third kappa shape index (κ3) is 2.66.